The summed E-state index contributed by atoms with van der Waals surface area (Å²) in [6.07, 6.45) is 0. The molecule has 4 nitrogen and oxygen atoms in total. The lowest BCUT2D eigenvalue weighted by Gasteiger charge is -2.14. The molecule has 0 unspecified atom stereocenters. The summed E-state index contributed by atoms with van der Waals surface area (Å²) in [4.78, 5) is 25.5. The molecular weight excluding hydrogens is 460 g/mol. The zero-order chi connectivity index (χ0) is 23.9. The van der Waals surface area contributed by atoms with Gasteiger partial charge < -0.3 is 10.6 Å². The third-order valence-electron chi connectivity index (χ3n) is 5.02. The SMILES string of the molecule is CC(=O)Nc1ccc(-c2ccccc2)cc1SSc1cc(-c2ccccc2)ccc1NC(C)=O. The van der Waals surface area contributed by atoms with Gasteiger partial charge in [0.15, 0.2) is 0 Å². The molecule has 0 aliphatic rings. The van der Waals surface area contributed by atoms with Gasteiger partial charge in [0.2, 0.25) is 11.8 Å². The predicted octanol–water partition coefficient (Wildman–Crippen LogP) is 7.74. The largest absolute Gasteiger partial charge is 0.325 e. The number of nitrogens with one attached hydrogen (secondary N) is 2. The fraction of sp³-hybridized carbons (Fsp3) is 0.0714. The molecule has 0 fully saturated rings. The average molecular weight is 485 g/mol. The molecule has 0 aliphatic carbocycles. The molecule has 0 radical (unpaired) electrons. The molecule has 34 heavy (non-hydrogen) atoms. The van der Waals surface area contributed by atoms with Gasteiger partial charge in [-0.05, 0) is 46.5 Å². The quantitative estimate of drug-likeness (QED) is 0.263. The van der Waals surface area contributed by atoms with E-state index in [1.807, 2.05) is 60.7 Å². The van der Waals surface area contributed by atoms with Crippen LogP contribution in [0.3, 0.4) is 0 Å². The monoisotopic (exact) mass is 484 g/mol. The fourth-order valence-corrected chi connectivity index (χ4v) is 5.79. The van der Waals surface area contributed by atoms with Crippen LogP contribution in [0.2, 0.25) is 0 Å². The van der Waals surface area contributed by atoms with E-state index in [9.17, 15) is 9.59 Å². The lowest BCUT2D eigenvalue weighted by atomic mass is 10.1. The number of amides is 2. The van der Waals surface area contributed by atoms with Gasteiger partial charge in [-0.2, -0.15) is 0 Å². The average Bonchev–Trinajstić information content (AvgIpc) is 2.84. The van der Waals surface area contributed by atoms with Gasteiger partial charge in [0.05, 0.1) is 11.4 Å². The molecule has 0 bridgehead atoms. The Balaban J connectivity index is 1.68. The Kier molecular flexibility index (Phi) is 7.72. The summed E-state index contributed by atoms with van der Waals surface area (Å²) in [5.74, 6) is -0.242. The molecule has 0 saturated carbocycles. The van der Waals surface area contributed by atoms with Crippen molar-refractivity contribution in [3.05, 3.63) is 97.1 Å². The van der Waals surface area contributed by atoms with E-state index >= 15 is 0 Å². The van der Waals surface area contributed by atoms with Crippen molar-refractivity contribution in [3.8, 4) is 22.3 Å². The van der Waals surface area contributed by atoms with E-state index in [4.69, 9.17) is 0 Å². The van der Waals surface area contributed by atoms with Gasteiger partial charge in [-0.25, -0.2) is 0 Å². The number of hydrogen-bond acceptors (Lipinski definition) is 4. The van der Waals surface area contributed by atoms with Crippen LogP contribution >= 0.6 is 21.6 Å². The first-order valence-electron chi connectivity index (χ1n) is 10.8. The summed E-state index contributed by atoms with van der Waals surface area (Å²) in [7, 11) is 3.09. The molecule has 0 aromatic heterocycles. The molecule has 2 amide bonds. The van der Waals surface area contributed by atoms with Crippen LogP contribution in [0, 0.1) is 0 Å². The van der Waals surface area contributed by atoms with Crippen molar-refractivity contribution in [3.63, 3.8) is 0 Å². The number of hydrogen-bond donors (Lipinski definition) is 2. The maximum atomic E-state index is 11.8. The lowest BCUT2D eigenvalue weighted by Crippen LogP contribution is -2.07. The van der Waals surface area contributed by atoms with E-state index in [1.54, 1.807) is 21.6 Å². The predicted molar refractivity (Wildman–Crippen MR) is 144 cm³/mol. The van der Waals surface area contributed by atoms with Gasteiger partial charge in [-0.1, -0.05) is 94.4 Å². The second-order valence-corrected chi connectivity index (χ2v) is 9.90. The Labute approximate surface area is 207 Å². The normalized spacial score (nSPS) is 10.5. The standard InChI is InChI=1S/C28H24N2O2S2/c1-19(31)29-25-15-13-23(21-9-5-3-6-10-21)17-27(25)33-34-28-18-24(22-11-7-4-8-12-22)14-16-26(28)30-20(2)32/h3-18H,1-2H3,(H,29,31)(H,30,32). The Hall–Kier alpha value is -3.48. The number of rotatable bonds is 7. The van der Waals surface area contributed by atoms with Crippen LogP contribution in [-0.4, -0.2) is 11.8 Å². The number of anilines is 2. The molecule has 0 aliphatic heterocycles. The van der Waals surface area contributed by atoms with Crippen LogP contribution in [0.5, 0.6) is 0 Å². The minimum Gasteiger partial charge on any atom is -0.325 e. The van der Waals surface area contributed by atoms with E-state index in [1.165, 1.54) is 13.8 Å². The molecule has 0 heterocycles. The summed E-state index contributed by atoms with van der Waals surface area (Å²) in [6.45, 7) is 3.01. The number of carbonyl (C=O) groups is 2. The van der Waals surface area contributed by atoms with Gasteiger partial charge >= 0.3 is 0 Å². The van der Waals surface area contributed by atoms with E-state index in [2.05, 4.69) is 47.0 Å². The third kappa shape index (κ3) is 6.10. The smallest absolute Gasteiger partial charge is 0.221 e. The fourth-order valence-electron chi connectivity index (χ4n) is 3.48. The third-order valence-corrected chi connectivity index (χ3v) is 7.47. The van der Waals surface area contributed by atoms with Gasteiger partial charge in [0.25, 0.3) is 0 Å². The van der Waals surface area contributed by atoms with Gasteiger partial charge in [-0.3, -0.25) is 9.59 Å². The first-order valence-corrected chi connectivity index (χ1v) is 12.9. The highest BCUT2D eigenvalue weighted by atomic mass is 33.1. The van der Waals surface area contributed by atoms with Crippen LogP contribution in [-0.2, 0) is 9.59 Å². The summed E-state index contributed by atoms with van der Waals surface area (Å²) >= 11 is 0. The summed E-state index contributed by atoms with van der Waals surface area (Å²) in [6, 6.07) is 32.3. The van der Waals surface area contributed by atoms with Gasteiger partial charge in [0.1, 0.15) is 0 Å². The molecule has 0 atom stereocenters. The van der Waals surface area contributed by atoms with Crippen molar-refractivity contribution in [2.75, 3.05) is 10.6 Å². The van der Waals surface area contributed by atoms with E-state index in [0.717, 1.165) is 43.4 Å². The molecule has 6 heteroatoms. The number of benzene rings is 4. The molecule has 0 saturated heterocycles. The first kappa shape index (κ1) is 23.7. The van der Waals surface area contributed by atoms with Crippen molar-refractivity contribution in [2.45, 2.75) is 23.6 Å². The minimum atomic E-state index is -0.121. The topological polar surface area (TPSA) is 58.2 Å². The van der Waals surface area contributed by atoms with E-state index in [-0.39, 0.29) is 11.8 Å². The molecule has 0 spiro atoms. The first-order chi connectivity index (χ1) is 16.5. The second-order valence-electron chi connectivity index (χ2n) is 7.68. The molecule has 4 aromatic carbocycles. The number of carbonyl (C=O) groups excluding carboxylic acids is 2. The highest BCUT2D eigenvalue weighted by Crippen LogP contribution is 2.46. The lowest BCUT2D eigenvalue weighted by molar-refractivity contribution is -0.115. The van der Waals surface area contributed by atoms with Crippen LogP contribution in [0.25, 0.3) is 22.3 Å². The maximum Gasteiger partial charge on any atom is 0.221 e. The van der Waals surface area contributed by atoms with Crippen molar-refractivity contribution in [1.29, 1.82) is 0 Å². The van der Waals surface area contributed by atoms with Gasteiger partial charge in [-0.15, -0.1) is 0 Å². The van der Waals surface area contributed by atoms with E-state index in [0.29, 0.717) is 0 Å². The van der Waals surface area contributed by atoms with Crippen LogP contribution in [0.15, 0.2) is 107 Å². The maximum absolute atomic E-state index is 11.8. The zero-order valence-corrected chi connectivity index (χ0v) is 20.5. The van der Waals surface area contributed by atoms with Crippen molar-refractivity contribution < 1.29 is 9.59 Å². The summed E-state index contributed by atoms with van der Waals surface area (Å²) in [5, 5.41) is 5.86. The van der Waals surface area contributed by atoms with E-state index < -0.39 is 0 Å². The van der Waals surface area contributed by atoms with Crippen molar-refractivity contribution in [2.24, 2.45) is 0 Å². The highest BCUT2D eigenvalue weighted by molar-refractivity contribution is 8.76. The summed E-state index contributed by atoms with van der Waals surface area (Å²) < 4.78 is 0. The minimum absolute atomic E-state index is 0.121. The Bertz CT molecular complexity index is 1210. The molecule has 170 valence electrons. The second kappa shape index (κ2) is 11.1. The molecule has 4 rings (SSSR count). The van der Waals surface area contributed by atoms with Crippen molar-refractivity contribution >= 4 is 44.8 Å². The summed E-state index contributed by atoms with van der Waals surface area (Å²) in [5.41, 5.74) is 5.85. The Morgan fingerprint density at radius 1 is 0.529 bits per heavy atom. The Morgan fingerprint density at radius 3 is 1.26 bits per heavy atom. The van der Waals surface area contributed by atoms with Gasteiger partial charge in [0, 0.05) is 23.6 Å². The van der Waals surface area contributed by atoms with Crippen molar-refractivity contribution in [1.82, 2.24) is 0 Å². The van der Waals surface area contributed by atoms with Crippen LogP contribution in [0.1, 0.15) is 13.8 Å². The van der Waals surface area contributed by atoms with Crippen LogP contribution in [0.4, 0.5) is 11.4 Å². The highest BCUT2D eigenvalue weighted by Gasteiger charge is 2.13. The molecule has 4 aromatic rings. The zero-order valence-electron chi connectivity index (χ0n) is 18.9. The Morgan fingerprint density at radius 2 is 0.912 bits per heavy atom. The molecule has 2 N–H and O–H groups in total. The van der Waals surface area contributed by atoms with Crippen LogP contribution < -0.4 is 10.6 Å². The molecular formula is C28H24N2O2S2.